The van der Waals surface area contributed by atoms with Gasteiger partial charge in [-0.25, -0.2) is 14.8 Å². The van der Waals surface area contributed by atoms with Crippen molar-refractivity contribution in [3.05, 3.63) is 47.4 Å². The zero-order chi connectivity index (χ0) is 22.8. The fourth-order valence-corrected chi connectivity index (χ4v) is 3.81. The summed E-state index contributed by atoms with van der Waals surface area (Å²) in [6, 6.07) is 9.47. The summed E-state index contributed by atoms with van der Waals surface area (Å²) in [5.74, 6) is 2.07. The van der Waals surface area contributed by atoms with Gasteiger partial charge in [-0.05, 0) is 58.7 Å². The second kappa shape index (κ2) is 9.14. The summed E-state index contributed by atoms with van der Waals surface area (Å²) in [7, 11) is 0. The standard InChI is InChI=1S/C23H29ClN4O3/c1-15-16(2)25-21(31-17-10-7-6-8-11-17)19-20(15)27(18(14-24)26-19)12-9-13-28(22(29)30)23(3,4)5/h6-8,10-11H,9,12-14H2,1-5H3,(H,29,30). The maximum Gasteiger partial charge on any atom is 0.407 e. The van der Waals surface area contributed by atoms with E-state index in [9.17, 15) is 9.90 Å². The highest BCUT2D eigenvalue weighted by Gasteiger charge is 2.26. The van der Waals surface area contributed by atoms with Crippen molar-refractivity contribution in [1.82, 2.24) is 19.4 Å². The fraction of sp³-hybridized carbons (Fsp3) is 0.435. The SMILES string of the molecule is Cc1nc(Oc2ccccc2)c2nc(CCl)n(CCCN(C(=O)O)C(C)(C)C)c2c1C. The van der Waals surface area contributed by atoms with E-state index in [1.807, 2.05) is 65.0 Å². The molecule has 1 aromatic carbocycles. The maximum atomic E-state index is 11.7. The van der Waals surface area contributed by atoms with Crippen LogP contribution in [0.15, 0.2) is 30.3 Å². The first-order valence-electron chi connectivity index (χ1n) is 10.3. The Labute approximate surface area is 187 Å². The van der Waals surface area contributed by atoms with E-state index in [-0.39, 0.29) is 5.88 Å². The van der Waals surface area contributed by atoms with E-state index in [2.05, 4.69) is 9.55 Å². The van der Waals surface area contributed by atoms with Crippen molar-refractivity contribution in [1.29, 1.82) is 0 Å². The zero-order valence-electron chi connectivity index (χ0n) is 18.6. The molecular formula is C23H29ClN4O3. The van der Waals surface area contributed by atoms with Crippen molar-refractivity contribution in [2.45, 2.75) is 59.0 Å². The third kappa shape index (κ3) is 4.93. The molecule has 7 nitrogen and oxygen atoms in total. The number of carboxylic acid groups (broad SMARTS) is 1. The molecule has 0 bridgehead atoms. The Bertz CT molecular complexity index is 1070. The number of aryl methyl sites for hydroxylation is 3. The van der Waals surface area contributed by atoms with Crippen LogP contribution in [0.2, 0.25) is 0 Å². The molecule has 0 radical (unpaired) electrons. The van der Waals surface area contributed by atoms with Crippen LogP contribution in [0.5, 0.6) is 11.6 Å². The molecule has 0 saturated carbocycles. The molecule has 1 amide bonds. The number of pyridine rings is 1. The van der Waals surface area contributed by atoms with Crippen molar-refractivity contribution >= 4 is 28.7 Å². The Morgan fingerprint density at radius 3 is 2.45 bits per heavy atom. The predicted octanol–water partition coefficient (Wildman–Crippen LogP) is 5.75. The highest BCUT2D eigenvalue weighted by atomic mass is 35.5. The van der Waals surface area contributed by atoms with Gasteiger partial charge in [0.2, 0.25) is 5.88 Å². The normalized spacial score (nSPS) is 11.7. The summed E-state index contributed by atoms with van der Waals surface area (Å²) in [6.45, 7) is 10.6. The van der Waals surface area contributed by atoms with Crippen LogP contribution in [-0.2, 0) is 12.4 Å². The number of amides is 1. The molecule has 166 valence electrons. The lowest BCUT2D eigenvalue weighted by Gasteiger charge is -2.33. The van der Waals surface area contributed by atoms with Crippen LogP contribution in [0.1, 0.15) is 44.3 Å². The summed E-state index contributed by atoms with van der Waals surface area (Å²) < 4.78 is 8.11. The minimum absolute atomic E-state index is 0.236. The third-order valence-electron chi connectivity index (χ3n) is 5.30. The summed E-state index contributed by atoms with van der Waals surface area (Å²) in [4.78, 5) is 22.5. The molecule has 2 heterocycles. The van der Waals surface area contributed by atoms with Crippen LogP contribution in [0.25, 0.3) is 11.0 Å². The van der Waals surface area contributed by atoms with Crippen molar-refractivity contribution in [3.63, 3.8) is 0 Å². The highest BCUT2D eigenvalue weighted by Crippen LogP contribution is 2.32. The first-order valence-corrected chi connectivity index (χ1v) is 10.8. The van der Waals surface area contributed by atoms with Gasteiger partial charge in [0.05, 0.1) is 11.4 Å². The quantitative estimate of drug-likeness (QED) is 0.469. The van der Waals surface area contributed by atoms with Crippen LogP contribution in [0, 0.1) is 13.8 Å². The van der Waals surface area contributed by atoms with Crippen LogP contribution in [0.4, 0.5) is 4.79 Å². The predicted molar refractivity (Wildman–Crippen MR) is 122 cm³/mol. The molecule has 3 rings (SSSR count). The first kappa shape index (κ1) is 22.9. The molecule has 0 spiro atoms. The van der Waals surface area contributed by atoms with E-state index in [4.69, 9.17) is 21.3 Å². The second-order valence-electron chi connectivity index (χ2n) is 8.51. The Morgan fingerprint density at radius 2 is 1.87 bits per heavy atom. The number of halogens is 1. The molecule has 0 aliphatic carbocycles. The fourth-order valence-electron chi connectivity index (χ4n) is 3.61. The number of hydrogen-bond donors (Lipinski definition) is 1. The topological polar surface area (TPSA) is 80.5 Å². The summed E-state index contributed by atoms with van der Waals surface area (Å²) >= 11 is 6.22. The van der Waals surface area contributed by atoms with Crippen molar-refractivity contribution in [2.75, 3.05) is 6.54 Å². The highest BCUT2D eigenvalue weighted by molar-refractivity contribution is 6.17. The van der Waals surface area contributed by atoms with Crippen molar-refractivity contribution in [2.24, 2.45) is 0 Å². The second-order valence-corrected chi connectivity index (χ2v) is 8.78. The number of carbonyl (C=O) groups is 1. The number of fused-ring (bicyclic) bond motifs is 1. The van der Waals surface area contributed by atoms with Gasteiger partial charge in [0.15, 0.2) is 5.52 Å². The Balaban J connectivity index is 1.97. The number of benzene rings is 1. The molecule has 1 N–H and O–H groups in total. The lowest BCUT2D eigenvalue weighted by atomic mass is 10.1. The van der Waals surface area contributed by atoms with E-state index >= 15 is 0 Å². The van der Waals surface area contributed by atoms with Crippen LogP contribution in [-0.4, -0.2) is 42.7 Å². The Hall–Kier alpha value is -2.80. The van der Waals surface area contributed by atoms with Crippen molar-refractivity contribution in [3.8, 4) is 11.6 Å². The van der Waals surface area contributed by atoms with Gasteiger partial charge >= 0.3 is 6.09 Å². The van der Waals surface area contributed by atoms with Crippen molar-refractivity contribution < 1.29 is 14.6 Å². The van der Waals surface area contributed by atoms with Gasteiger partial charge < -0.3 is 19.3 Å². The number of nitrogens with zero attached hydrogens (tertiary/aromatic N) is 4. The number of alkyl halides is 1. The monoisotopic (exact) mass is 444 g/mol. The Kier molecular flexibility index (Phi) is 6.74. The van der Waals surface area contributed by atoms with Gasteiger partial charge in [0.25, 0.3) is 0 Å². The average Bonchev–Trinajstić information content (AvgIpc) is 3.07. The zero-order valence-corrected chi connectivity index (χ0v) is 19.4. The smallest absolute Gasteiger partial charge is 0.407 e. The molecule has 8 heteroatoms. The van der Waals surface area contributed by atoms with Gasteiger partial charge in [-0.1, -0.05) is 18.2 Å². The summed E-state index contributed by atoms with van der Waals surface area (Å²) in [5.41, 5.74) is 2.97. The molecule has 0 atom stereocenters. The largest absolute Gasteiger partial charge is 0.465 e. The first-order chi connectivity index (χ1) is 14.6. The van der Waals surface area contributed by atoms with Crippen LogP contribution in [0.3, 0.4) is 0 Å². The molecular weight excluding hydrogens is 416 g/mol. The minimum atomic E-state index is -0.921. The number of rotatable bonds is 7. The lowest BCUT2D eigenvalue weighted by molar-refractivity contribution is 0.0987. The molecule has 0 unspecified atom stereocenters. The number of hydrogen-bond acceptors (Lipinski definition) is 4. The van der Waals surface area contributed by atoms with E-state index in [1.165, 1.54) is 4.90 Å². The molecule has 2 aromatic heterocycles. The Morgan fingerprint density at radius 1 is 1.19 bits per heavy atom. The van der Waals surface area contributed by atoms with Crippen LogP contribution < -0.4 is 4.74 Å². The number of aromatic nitrogens is 3. The number of para-hydroxylation sites is 1. The van der Waals surface area contributed by atoms with Crippen LogP contribution >= 0.6 is 11.6 Å². The van der Waals surface area contributed by atoms with Gasteiger partial charge in [0, 0.05) is 24.3 Å². The molecule has 0 saturated heterocycles. The third-order valence-corrected chi connectivity index (χ3v) is 5.54. The van der Waals surface area contributed by atoms with Gasteiger partial charge in [-0.2, -0.15) is 0 Å². The molecule has 3 aromatic rings. The summed E-state index contributed by atoms with van der Waals surface area (Å²) in [6.07, 6.45) is -0.287. The summed E-state index contributed by atoms with van der Waals surface area (Å²) in [5, 5.41) is 9.56. The average molecular weight is 445 g/mol. The number of ether oxygens (including phenoxy) is 1. The van der Waals surface area contributed by atoms with E-state index in [0.717, 1.165) is 16.8 Å². The van der Waals surface area contributed by atoms with E-state index < -0.39 is 11.6 Å². The molecule has 0 aliphatic heterocycles. The lowest BCUT2D eigenvalue weighted by Crippen LogP contribution is -2.45. The molecule has 0 fully saturated rings. The maximum absolute atomic E-state index is 11.7. The molecule has 0 aliphatic rings. The number of imidazole rings is 1. The minimum Gasteiger partial charge on any atom is -0.465 e. The van der Waals surface area contributed by atoms with E-state index in [1.54, 1.807) is 0 Å². The van der Waals surface area contributed by atoms with E-state index in [0.29, 0.717) is 42.5 Å². The van der Waals surface area contributed by atoms with Gasteiger partial charge in [-0.15, -0.1) is 11.6 Å². The van der Waals surface area contributed by atoms with Gasteiger partial charge in [0.1, 0.15) is 11.6 Å². The molecule has 31 heavy (non-hydrogen) atoms. The van der Waals surface area contributed by atoms with Gasteiger partial charge in [-0.3, -0.25) is 0 Å².